The molecule has 146 valence electrons. The van der Waals surface area contributed by atoms with Crippen LogP contribution in [0.1, 0.15) is 54.4 Å². The maximum Gasteiger partial charge on any atom is 0.252 e. The third kappa shape index (κ3) is 3.74. The summed E-state index contributed by atoms with van der Waals surface area (Å²) in [5, 5.41) is 24.3. The largest absolute Gasteiger partial charge is 0.334 e. The van der Waals surface area contributed by atoms with Crippen molar-refractivity contribution >= 4 is 5.91 Å². The zero-order chi connectivity index (χ0) is 20.6. The van der Waals surface area contributed by atoms with Crippen molar-refractivity contribution in [2.75, 3.05) is 0 Å². The van der Waals surface area contributed by atoms with E-state index < -0.39 is 5.54 Å². The summed E-state index contributed by atoms with van der Waals surface area (Å²) in [5.74, 6) is 0.574. The number of carbonyl (C=O) groups is 1. The van der Waals surface area contributed by atoms with Crippen molar-refractivity contribution in [1.82, 2.24) is 25.5 Å². The van der Waals surface area contributed by atoms with Crippen molar-refractivity contribution in [1.29, 1.82) is 5.26 Å². The predicted octanol–water partition coefficient (Wildman–Crippen LogP) is 3.55. The number of nitrogens with one attached hydrogen (secondary N) is 1. The molecule has 1 N–H and O–H groups in total. The van der Waals surface area contributed by atoms with Crippen LogP contribution in [0.15, 0.2) is 42.5 Å². The van der Waals surface area contributed by atoms with Crippen LogP contribution in [0.2, 0.25) is 0 Å². The van der Waals surface area contributed by atoms with Crippen LogP contribution in [0.3, 0.4) is 0 Å². The highest BCUT2D eigenvalue weighted by atomic mass is 16.1. The van der Waals surface area contributed by atoms with E-state index in [0.717, 1.165) is 16.7 Å². The summed E-state index contributed by atoms with van der Waals surface area (Å²) in [6, 6.07) is 15.9. The highest BCUT2D eigenvalue weighted by Gasteiger charge is 2.44. The van der Waals surface area contributed by atoms with Crippen LogP contribution in [0.25, 0.3) is 16.8 Å². The van der Waals surface area contributed by atoms with Crippen LogP contribution in [-0.4, -0.2) is 31.7 Å². The maximum absolute atomic E-state index is 12.9. The summed E-state index contributed by atoms with van der Waals surface area (Å²) in [6.45, 7) is 6.07. The fourth-order valence-corrected chi connectivity index (χ4v) is 3.19. The molecule has 0 saturated heterocycles. The summed E-state index contributed by atoms with van der Waals surface area (Å²) in [6.07, 6.45) is 1.37. The Morgan fingerprint density at radius 2 is 1.90 bits per heavy atom. The first kappa shape index (κ1) is 18.8. The van der Waals surface area contributed by atoms with E-state index >= 15 is 0 Å². The first-order valence-corrected chi connectivity index (χ1v) is 9.65. The highest BCUT2D eigenvalue weighted by molar-refractivity contribution is 5.97. The fraction of sp³-hybridized carbons (Fsp3) is 0.318. The number of amides is 1. The van der Waals surface area contributed by atoms with Crippen molar-refractivity contribution in [2.45, 2.75) is 45.1 Å². The van der Waals surface area contributed by atoms with Crippen LogP contribution in [0.4, 0.5) is 0 Å². The number of hydrogen-bond donors (Lipinski definition) is 1. The van der Waals surface area contributed by atoms with E-state index in [-0.39, 0.29) is 11.8 Å². The lowest BCUT2D eigenvalue weighted by Crippen LogP contribution is -2.35. The zero-order valence-electron chi connectivity index (χ0n) is 16.7. The van der Waals surface area contributed by atoms with Gasteiger partial charge in [0, 0.05) is 11.5 Å². The Hall–Kier alpha value is -3.53. The molecule has 0 radical (unpaired) electrons. The summed E-state index contributed by atoms with van der Waals surface area (Å²) in [4.78, 5) is 12.9. The molecule has 7 nitrogen and oxygen atoms in total. The van der Waals surface area contributed by atoms with Crippen molar-refractivity contribution in [3.63, 3.8) is 0 Å². The Kier molecular flexibility index (Phi) is 4.63. The lowest BCUT2D eigenvalue weighted by Gasteiger charge is -2.14. The average Bonchev–Trinajstić information content (AvgIpc) is 3.30. The van der Waals surface area contributed by atoms with Crippen molar-refractivity contribution in [3.8, 4) is 22.9 Å². The van der Waals surface area contributed by atoms with Gasteiger partial charge in [-0.3, -0.25) is 4.79 Å². The van der Waals surface area contributed by atoms with E-state index in [1.54, 1.807) is 10.7 Å². The first-order valence-electron chi connectivity index (χ1n) is 9.65. The molecule has 3 aromatic rings. The maximum atomic E-state index is 12.9. The number of nitrogens with zero attached hydrogens (tertiary/aromatic N) is 5. The highest BCUT2D eigenvalue weighted by Crippen LogP contribution is 2.35. The van der Waals surface area contributed by atoms with Gasteiger partial charge in [-0.25, -0.2) is 0 Å². The molecule has 7 heteroatoms. The van der Waals surface area contributed by atoms with E-state index in [9.17, 15) is 10.1 Å². The molecule has 1 fully saturated rings. The number of hydrogen-bond acceptors (Lipinski definition) is 5. The van der Waals surface area contributed by atoms with Gasteiger partial charge in [-0.2, -0.15) is 9.94 Å². The SMILES string of the molecule is Cc1ccc(-c2cc(C(=O)NC3(C#N)CC3)cc(-n3nnnc3C(C)C)c2)cc1. The lowest BCUT2D eigenvalue weighted by molar-refractivity contribution is 0.0941. The standard InChI is InChI=1S/C22H22N6O/c1-14(2)20-25-26-27-28(20)19-11-17(16-6-4-15(3)5-7-16)10-18(12-19)21(29)24-22(13-23)8-9-22/h4-7,10-12,14H,8-9H2,1-3H3,(H,24,29). The van der Waals surface area contributed by atoms with Crippen LogP contribution in [-0.2, 0) is 0 Å². The Balaban J connectivity index is 1.81. The fourth-order valence-electron chi connectivity index (χ4n) is 3.19. The third-order valence-corrected chi connectivity index (χ3v) is 5.14. The van der Waals surface area contributed by atoms with Crippen molar-refractivity contribution < 1.29 is 4.79 Å². The molecule has 1 aliphatic rings. The van der Waals surface area contributed by atoms with Gasteiger partial charge in [-0.1, -0.05) is 43.7 Å². The van der Waals surface area contributed by atoms with E-state index in [1.807, 2.05) is 57.2 Å². The van der Waals surface area contributed by atoms with E-state index in [0.29, 0.717) is 29.9 Å². The number of rotatable bonds is 5. The number of tetrazole rings is 1. The second-order valence-electron chi connectivity index (χ2n) is 7.89. The molecule has 1 aromatic heterocycles. The third-order valence-electron chi connectivity index (χ3n) is 5.14. The first-order chi connectivity index (χ1) is 13.9. The van der Waals surface area contributed by atoms with Crippen LogP contribution in [0.5, 0.6) is 0 Å². The minimum absolute atomic E-state index is 0.124. The smallest absolute Gasteiger partial charge is 0.252 e. The molecule has 1 saturated carbocycles. The van der Waals surface area contributed by atoms with Crippen LogP contribution >= 0.6 is 0 Å². The van der Waals surface area contributed by atoms with Gasteiger partial charge in [-0.15, -0.1) is 5.10 Å². The summed E-state index contributed by atoms with van der Waals surface area (Å²) < 4.78 is 1.66. The number of nitriles is 1. The number of carbonyl (C=O) groups excluding carboxylic acids is 1. The molecule has 1 heterocycles. The van der Waals surface area contributed by atoms with Gasteiger partial charge in [0.05, 0.1) is 11.8 Å². The normalized spacial score (nSPS) is 14.4. The van der Waals surface area contributed by atoms with Gasteiger partial charge < -0.3 is 5.32 Å². The minimum atomic E-state index is -0.727. The molecule has 1 aliphatic carbocycles. The van der Waals surface area contributed by atoms with Gasteiger partial charge in [0.1, 0.15) is 5.54 Å². The molecule has 0 unspecified atom stereocenters. The second-order valence-corrected chi connectivity index (χ2v) is 7.89. The van der Waals surface area contributed by atoms with Crippen molar-refractivity contribution in [3.05, 3.63) is 59.4 Å². The molecular weight excluding hydrogens is 364 g/mol. The molecule has 0 spiro atoms. The number of aryl methyl sites for hydroxylation is 1. The van der Waals surface area contributed by atoms with Gasteiger partial charge in [0.2, 0.25) is 0 Å². The van der Waals surface area contributed by atoms with Crippen LogP contribution < -0.4 is 5.32 Å². The van der Waals surface area contributed by atoms with Crippen molar-refractivity contribution in [2.24, 2.45) is 0 Å². The van der Waals surface area contributed by atoms with Gasteiger partial charge in [0.25, 0.3) is 5.91 Å². The van der Waals surface area contributed by atoms with E-state index in [4.69, 9.17) is 0 Å². The Morgan fingerprint density at radius 3 is 2.52 bits per heavy atom. The monoisotopic (exact) mass is 386 g/mol. The summed E-state index contributed by atoms with van der Waals surface area (Å²) >= 11 is 0. The minimum Gasteiger partial charge on any atom is -0.334 e. The predicted molar refractivity (Wildman–Crippen MR) is 108 cm³/mol. The summed E-state index contributed by atoms with van der Waals surface area (Å²) in [5.41, 5.74) is 3.50. The topological polar surface area (TPSA) is 96.5 Å². The molecule has 1 amide bonds. The quantitative estimate of drug-likeness (QED) is 0.723. The van der Waals surface area contributed by atoms with Gasteiger partial charge in [0.15, 0.2) is 5.82 Å². The molecule has 4 rings (SSSR count). The zero-order valence-corrected chi connectivity index (χ0v) is 16.7. The Labute approximate surface area is 169 Å². The van der Waals surface area contributed by atoms with Gasteiger partial charge in [-0.05, 0) is 59.5 Å². The van der Waals surface area contributed by atoms with Crippen LogP contribution in [0, 0.1) is 18.3 Å². The molecule has 0 bridgehead atoms. The Morgan fingerprint density at radius 1 is 1.17 bits per heavy atom. The molecule has 0 aliphatic heterocycles. The number of aromatic nitrogens is 4. The second kappa shape index (κ2) is 7.13. The lowest BCUT2D eigenvalue weighted by atomic mass is 10.00. The molecule has 2 aromatic carbocycles. The van der Waals surface area contributed by atoms with Gasteiger partial charge >= 0.3 is 0 Å². The number of benzene rings is 2. The summed E-state index contributed by atoms with van der Waals surface area (Å²) in [7, 11) is 0. The van der Waals surface area contributed by atoms with E-state index in [1.165, 1.54) is 0 Å². The van der Waals surface area contributed by atoms with E-state index in [2.05, 4.69) is 26.9 Å². The Bertz CT molecular complexity index is 1100. The molecule has 29 heavy (non-hydrogen) atoms. The average molecular weight is 386 g/mol. The molecule has 0 atom stereocenters. The molecular formula is C22H22N6O.